The molecule has 0 radical (unpaired) electrons. The Labute approximate surface area is 135 Å². The molecule has 3 heterocycles. The van der Waals surface area contributed by atoms with E-state index in [1.807, 2.05) is 17.5 Å². The highest BCUT2D eigenvalue weighted by molar-refractivity contribution is 7.09. The van der Waals surface area contributed by atoms with E-state index >= 15 is 0 Å². The van der Waals surface area contributed by atoms with Crippen molar-refractivity contribution in [3.63, 3.8) is 0 Å². The molecular weight excluding hydrogens is 314 g/mol. The van der Waals surface area contributed by atoms with Crippen LogP contribution in [-0.4, -0.2) is 26.9 Å². The Balaban J connectivity index is 1.52. The minimum atomic E-state index is -0.330. The zero-order chi connectivity index (χ0) is 15.8. The second-order valence-corrected chi connectivity index (χ2v) is 6.13. The zero-order valence-electron chi connectivity index (χ0n) is 11.9. The van der Waals surface area contributed by atoms with Crippen LogP contribution >= 0.6 is 11.3 Å². The summed E-state index contributed by atoms with van der Waals surface area (Å²) in [6.07, 6.45) is 0.573. The molecule has 23 heavy (non-hydrogen) atoms. The average molecular weight is 325 g/mol. The van der Waals surface area contributed by atoms with Gasteiger partial charge in [-0.15, -0.1) is 11.3 Å². The molecule has 0 saturated heterocycles. The third-order valence-corrected chi connectivity index (χ3v) is 4.47. The van der Waals surface area contributed by atoms with Crippen molar-refractivity contribution in [1.29, 1.82) is 0 Å². The number of nitrogens with zero attached hydrogens (tertiary/aromatic N) is 3. The van der Waals surface area contributed by atoms with E-state index in [1.165, 1.54) is 0 Å². The number of hydrogen-bond donors (Lipinski definition) is 0. The number of rotatable bonds is 4. The summed E-state index contributed by atoms with van der Waals surface area (Å²) in [6, 6.07) is 10.7. The second kappa shape index (κ2) is 5.44. The van der Waals surface area contributed by atoms with Crippen LogP contribution in [0.2, 0.25) is 0 Å². The summed E-state index contributed by atoms with van der Waals surface area (Å²) in [4.78, 5) is 31.1. The van der Waals surface area contributed by atoms with Crippen molar-refractivity contribution in [3.05, 3.63) is 69.5 Å². The van der Waals surface area contributed by atoms with Crippen LogP contribution in [0, 0.1) is 0 Å². The Morgan fingerprint density at radius 3 is 2.43 bits per heavy atom. The number of carbonyl (C=O) groups is 2. The Bertz CT molecular complexity index is 851. The van der Waals surface area contributed by atoms with Gasteiger partial charge in [0.15, 0.2) is 5.82 Å². The molecule has 1 aliphatic rings. The first-order chi connectivity index (χ1) is 11.2. The maximum absolute atomic E-state index is 12.3. The van der Waals surface area contributed by atoms with Gasteiger partial charge in [0.2, 0.25) is 5.89 Å². The molecule has 4 rings (SSSR count). The smallest absolute Gasteiger partial charge is 0.262 e. The van der Waals surface area contributed by atoms with Gasteiger partial charge in [0, 0.05) is 11.3 Å². The van der Waals surface area contributed by atoms with Gasteiger partial charge in [0.05, 0.1) is 11.1 Å². The summed E-state index contributed by atoms with van der Waals surface area (Å²) in [6.45, 7) is -0.0101. The van der Waals surface area contributed by atoms with E-state index in [0.29, 0.717) is 23.4 Å². The van der Waals surface area contributed by atoms with Crippen molar-refractivity contribution in [2.24, 2.45) is 0 Å². The summed E-state index contributed by atoms with van der Waals surface area (Å²) in [7, 11) is 0. The predicted molar refractivity (Wildman–Crippen MR) is 82.1 cm³/mol. The van der Waals surface area contributed by atoms with Gasteiger partial charge in [-0.1, -0.05) is 23.4 Å². The topological polar surface area (TPSA) is 76.3 Å². The van der Waals surface area contributed by atoms with Crippen molar-refractivity contribution in [2.75, 3.05) is 0 Å². The molecule has 7 heteroatoms. The molecule has 1 aromatic carbocycles. The molecule has 2 aromatic heterocycles. The molecule has 0 saturated carbocycles. The van der Waals surface area contributed by atoms with E-state index in [4.69, 9.17) is 4.52 Å². The van der Waals surface area contributed by atoms with E-state index in [9.17, 15) is 9.59 Å². The summed E-state index contributed by atoms with van der Waals surface area (Å²) in [5.74, 6) is 0.136. The number of imide groups is 1. The summed E-state index contributed by atoms with van der Waals surface area (Å²) >= 11 is 1.61. The quantitative estimate of drug-likeness (QED) is 0.689. The van der Waals surface area contributed by atoms with Gasteiger partial charge in [-0.05, 0) is 23.6 Å². The van der Waals surface area contributed by atoms with Gasteiger partial charge in [0.1, 0.15) is 6.54 Å². The van der Waals surface area contributed by atoms with Crippen molar-refractivity contribution in [1.82, 2.24) is 15.0 Å². The summed E-state index contributed by atoms with van der Waals surface area (Å²) in [5.41, 5.74) is 0.826. The molecule has 0 unspecified atom stereocenters. The van der Waals surface area contributed by atoms with Crippen molar-refractivity contribution in [3.8, 4) is 0 Å². The highest BCUT2D eigenvalue weighted by atomic mass is 32.1. The van der Waals surface area contributed by atoms with Crippen LogP contribution in [-0.2, 0) is 13.0 Å². The van der Waals surface area contributed by atoms with Gasteiger partial charge in [-0.2, -0.15) is 4.98 Å². The first-order valence-electron chi connectivity index (χ1n) is 7.01. The van der Waals surface area contributed by atoms with Crippen LogP contribution in [0.1, 0.15) is 37.3 Å². The third-order valence-electron chi connectivity index (χ3n) is 3.59. The highest BCUT2D eigenvalue weighted by Crippen LogP contribution is 2.24. The Kier molecular flexibility index (Phi) is 3.27. The van der Waals surface area contributed by atoms with Crippen LogP contribution in [0.3, 0.4) is 0 Å². The average Bonchev–Trinajstić information content (AvgIpc) is 3.27. The van der Waals surface area contributed by atoms with Crippen LogP contribution in [0.25, 0.3) is 0 Å². The number of thiophene rings is 1. The Morgan fingerprint density at radius 1 is 1.04 bits per heavy atom. The fourth-order valence-electron chi connectivity index (χ4n) is 2.51. The standard InChI is InChI=1S/C16H11N3O3S/c20-15-11-5-1-2-6-12(11)16(21)19(15)9-14-17-13(18-22-14)8-10-4-3-7-23-10/h1-7H,8-9H2. The number of amides is 2. The lowest BCUT2D eigenvalue weighted by molar-refractivity contribution is 0.0625. The number of hydrogen-bond acceptors (Lipinski definition) is 6. The maximum Gasteiger partial charge on any atom is 0.262 e. The predicted octanol–water partition coefficient (Wildman–Crippen LogP) is 2.52. The van der Waals surface area contributed by atoms with Crippen molar-refractivity contribution < 1.29 is 14.1 Å². The maximum atomic E-state index is 12.3. The fraction of sp³-hybridized carbons (Fsp3) is 0.125. The number of aromatic nitrogens is 2. The molecule has 0 N–H and O–H groups in total. The SMILES string of the molecule is O=C1c2ccccc2C(=O)N1Cc1nc(Cc2cccs2)no1. The molecule has 2 amide bonds. The lowest BCUT2D eigenvalue weighted by atomic mass is 10.1. The van der Waals surface area contributed by atoms with E-state index < -0.39 is 0 Å². The van der Waals surface area contributed by atoms with E-state index in [1.54, 1.807) is 35.6 Å². The molecule has 114 valence electrons. The van der Waals surface area contributed by atoms with E-state index in [0.717, 1.165) is 9.78 Å². The highest BCUT2D eigenvalue weighted by Gasteiger charge is 2.36. The molecule has 0 aliphatic carbocycles. The minimum Gasteiger partial charge on any atom is -0.337 e. The van der Waals surface area contributed by atoms with Crippen molar-refractivity contribution >= 4 is 23.2 Å². The van der Waals surface area contributed by atoms with Gasteiger partial charge >= 0.3 is 0 Å². The third kappa shape index (κ3) is 2.44. The molecule has 0 atom stereocenters. The molecule has 0 bridgehead atoms. The lowest BCUT2D eigenvalue weighted by Crippen LogP contribution is -2.29. The minimum absolute atomic E-state index is 0.0101. The zero-order valence-corrected chi connectivity index (χ0v) is 12.7. The normalized spacial score (nSPS) is 13.7. The summed E-state index contributed by atoms with van der Waals surface area (Å²) in [5, 5.41) is 5.88. The Morgan fingerprint density at radius 2 is 1.78 bits per heavy atom. The number of benzene rings is 1. The van der Waals surface area contributed by atoms with Crippen LogP contribution in [0.15, 0.2) is 46.3 Å². The fourth-order valence-corrected chi connectivity index (χ4v) is 3.21. The molecule has 6 nitrogen and oxygen atoms in total. The molecule has 3 aromatic rings. The molecule has 1 aliphatic heterocycles. The van der Waals surface area contributed by atoms with Crippen LogP contribution in [0.5, 0.6) is 0 Å². The monoisotopic (exact) mass is 325 g/mol. The number of carbonyl (C=O) groups excluding carboxylic acids is 2. The van der Waals surface area contributed by atoms with Crippen LogP contribution < -0.4 is 0 Å². The Hall–Kier alpha value is -2.80. The van der Waals surface area contributed by atoms with Gasteiger partial charge in [-0.25, -0.2) is 0 Å². The first-order valence-corrected chi connectivity index (χ1v) is 7.89. The summed E-state index contributed by atoms with van der Waals surface area (Å²) < 4.78 is 5.17. The van der Waals surface area contributed by atoms with Crippen molar-refractivity contribution in [2.45, 2.75) is 13.0 Å². The van der Waals surface area contributed by atoms with E-state index in [-0.39, 0.29) is 24.2 Å². The molecule has 0 fully saturated rings. The first kappa shape index (κ1) is 13.8. The lowest BCUT2D eigenvalue weighted by Gasteiger charge is -2.09. The van der Waals surface area contributed by atoms with Gasteiger partial charge in [0.25, 0.3) is 11.8 Å². The second-order valence-electron chi connectivity index (χ2n) is 5.10. The van der Waals surface area contributed by atoms with Gasteiger partial charge < -0.3 is 4.52 Å². The van der Waals surface area contributed by atoms with Crippen LogP contribution in [0.4, 0.5) is 0 Å². The number of fused-ring (bicyclic) bond motifs is 1. The van der Waals surface area contributed by atoms with Gasteiger partial charge in [-0.3, -0.25) is 14.5 Å². The van der Waals surface area contributed by atoms with E-state index in [2.05, 4.69) is 10.1 Å². The molecule has 0 spiro atoms. The molecular formula is C16H11N3O3S. The largest absolute Gasteiger partial charge is 0.337 e.